The van der Waals surface area contributed by atoms with Gasteiger partial charge >= 0.3 is 0 Å². The summed E-state index contributed by atoms with van der Waals surface area (Å²) < 4.78 is 17.9. The van der Waals surface area contributed by atoms with Crippen LogP contribution in [0, 0.1) is 0 Å². The van der Waals surface area contributed by atoms with Crippen LogP contribution in [0.15, 0.2) is 42.5 Å². The first kappa shape index (κ1) is 23.8. The molecule has 7 nitrogen and oxygen atoms in total. The molecule has 0 aliphatic rings. The molecule has 0 saturated heterocycles. The predicted octanol–water partition coefficient (Wildman–Crippen LogP) is 4.46. The van der Waals surface area contributed by atoms with Gasteiger partial charge in [0, 0.05) is 13.1 Å². The summed E-state index contributed by atoms with van der Waals surface area (Å²) in [5, 5.41) is 0.646. The van der Waals surface area contributed by atoms with Gasteiger partial charge < -0.3 is 19.1 Å². The third-order valence-corrected chi connectivity index (χ3v) is 6.20. The standard InChI is InChI=1S/C24H31N3O4S/c1-5-26(6-2)15-16-27(22(28)17-31-19-12-9-8-11-18(19)29-4)24-25-23-20(30-7-3)13-10-14-21(23)32-24/h8-14H,5-7,15-17H2,1-4H3. The molecule has 1 heterocycles. The van der Waals surface area contributed by atoms with Crippen LogP contribution >= 0.6 is 11.3 Å². The molecule has 2 aromatic carbocycles. The van der Waals surface area contributed by atoms with Crippen LogP contribution in [0.5, 0.6) is 17.2 Å². The molecule has 1 aromatic heterocycles. The van der Waals surface area contributed by atoms with E-state index in [1.807, 2.05) is 37.3 Å². The van der Waals surface area contributed by atoms with Gasteiger partial charge in [-0.25, -0.2) is 4.98 Å². The predicted molar refractivity (Wildman–Crippen MR) is 129 cm³/mol. The summed E-state index contributed by atoms with van der Waals surface area (Å²) >= 11 is 1.49. The van der Waals surface area contributed by atoms with Gasteiger partial charge in [-0.1, -0.05) is 43.4 Å². The van der Waals surface area contributed by atoms with Gasteiger partial charge in [-0.05, 0) is 44.3 Å². The van der Waals surface area contributed by atoms with Crippen LogP contribution in [0.3, 0.4) is 0 Å². The Bertz CT molecular complexity index is 1020. The number of likely N-dealkylation sites (N-methyl/N-ethyl adjacent to an activating group) is 1. The number of hydrogen-bond acceptors (Lipinski definition) is 7. The van der Waals surface area contributed by atoms with Crippen molar-refractivity contribution in [2.45, 2.75) is 20.8 Å². The first-order chi connectivity index (χ1) is 15.6. The lowest BCUT2D eigenvalue weighted by Crippen LogP contribution is -2.41. The number of methoxy groups -OCH3 is 1. The highest BCUT2D eigenvalue weighted by atomic mass is 32.1. The van der Waals surface area contributed by atoms with Crippen molar-refractivity contribution in [2.24, 2.45) is 0 Å². The number of thiazole rings is 1. The molecule has 172 valence electrons. The zero-order valence-electron chi connectivity index (χ0n) is 19.2. The smallest absolute Gasteiger partial charge is 0.266 e. The van der Waals surface area contributed by atoms with Crippen LogP contribution in [0.1, 0.15) is 20.8 Å². The van der Waals surface area contributed by atoms with E-state index in [1.165, 1.54) is 11.3 Å². The number of hydrogen-bond donors (Lipinski definition) is 0. The van der Waals surface area contributed by atoms with E-state index in [9.17, 15) is 4.79 Å². The maximum atomic E-state index is 13.3. The van der Waals surface area contributed by atoms with E-state index in [0.29, 0.717) is 29.8 Å². The normalized spacial score (nSPS) is 11.0. The summed E-state index contributed by atoms with van der Waals surface area (Å²) in [6.45, 7) is 9.76. The highest BCUT2D eigenvalue weighted by Gasteiger charge is 2.22. The van der Waals surface area contributed by atoms with Gasteiger partial charge in [0.1, 0.15) is 11.3 Å². The van der Waals surface area contributed by atoms with Crippen molar-refractivity contribution in [1.29, 1.82) is 0 Å². The van der Waals surface area contributed by atoms with Crippen molar-refractivity contribution < 1.29 is 19.0 Å². The number of para-hydroxylation sites is 3. The van der Waals surface area contributed by atoms with Crippen molar-refractivity contribution in [1.82, 2.24) is 9.88 Å². The van der Waals surface area contributed by atoms with E-state index >= 15 is 0 Å². The first-order valence-corrected chi connectivity index (χ1v) is 11.7. The van der Waals surface area contributed by atoms with Crippen LogP contribution in [0.2, 0.25) is 0 Å². The molecule has 3 aromatic rings. The average molecular weight is 458 g/mol. The molecule has 8 heteroatoms. The third-order valence-electron chi connectivity index (χ3n) is 5.16. The number of ether oxygens (including phenoxy) is 3. The van der Waals surface area contributed by atoms with E-state index in [1.54, 1.807) is 24.1 Å². The molecular weight excluding hydrogens is 426 g/mol. The minimum atomic E-state index is -0.153. The highest BCUT2D eigenvalue weighted by Crippen LogP contribution is 2.34. The number of carbonyl (C=O) groups excluding carboxylic acids is 1. The van der Waals surface area contributed by atoms with E-state index in [0.717, 1.165) is 35.6 Å². The largest absolute Gasteiger partial charge is 0.493 e. The summed E-state index contributed by atoms with van der Waals surface area (Å²) in [4.78, 5) is 22.0. The van der Waals surface area contributed by atoms with E-state index in [4.69, 9.17) is 19.2 Å². The lowest BCUT2D eigenvalue weighted by molar-refractivity contribution is -0.120. The summed E-state index contributed by atoms with van der Waals surface area (Å²) in [7, 11) is 1.58. The molecule has 1 amide bonds. The van der Waals surface area contributed by atoms with Gasteiger partial charge in [0.05, 0.1) is 18.4 Å². The second-order valence-corrected chi connectivity index (χ2v) is 8.05. The second-order valence-electron chi connectivity index (χ2n) is 7.04. The molecular formula is C24H31N3O4S. The Hall–Kier alpha value is -2.84. The Balaban J connectivity index is 1.85. The third kappa shape index (κ3) is 5.69. The van der Waals surface area contributed by atoms with Crippen LogP contribution in [-0.4, -0.2) is 62.3 Å². The van der Waals surface area contributed by atoms with E-state index in [-0.39, 0.29) is 12.5 Å². The summed E-state index contributed by atoms with van der Waals surface area (Å²) in [5.41, 5.74) is 0.778. The fourth-order valence-electron chi connectivity index (χ4n) is 3.36. The average Bonchev–Trinajstić information content (AvgIpc) is 3.25. The molecule has 0 bridgehead atoms. The van der Waals surface area contributed by atoms with Crippen LogP contribution < -0.4 is 19.1 Å². The zero-order valence-corrected chi connectivity index (χ0v) is 20.0. The molecule has 0 unspecified atom stereocenters. The van der Waals surface area contributed by atoms with Crippen molar-refractivity contribution in [3.05, 3.63) is 42.5 Å². The molecule has 0 atom stereocenters. The summed E-state index contributed by atoms with van der Waals surface area (Å²) in [5.74, 6) is 1.71. The van der Waals surface area contributed by atoms with Gasteiger partial charge in [-0.15, -0.1) is 0 Å². The number of nitrogens with zero attached hydrogens (tertiary/aromatic N) is 3. The Morgan fingerprint density at radius 1 is 0.938 bits per heavy atom. The molecule has 0 aliphatic heterocycles. The quantitative estimate of drug-likeness (QED) is 0.400. The zero-order chi connectivity index (χ0) is 22.9. The number of aromatic nitrogens is 1. The maximum absolute atomic E-state index is 13.3. The van der Waals surface area contributed by atoms with Gasteiger partial charge in [0.15, 0.2) is 23.2 Å². The minimum Gasteiger partial charge on any atom is -0.493 e. The summed E-state index contributed by atoms with van der Waals surface area (Å²) in [6.07, 6.45) is 0. The van der Waals surface area contributed by atoms with Gasteiger partial charge in [-0.3, -0.25) is 9.69 Å². The SMILES string of the molecule is CCOc1cccc2sc(N(CCN(CC)CC)C(=O)COc3ccccc3OC)nc12. The van der Waals surface area contributed by atoms with Crippen molar-refractivity contribution in [3.63, 3.8) is 0 Å². The number of amides is 1. The lowest BCUT2D eigenvalue weighted by Gasteiger charge is -2.24. The summed E-state index contributed by atoms with van der Waals surface area (Å²) in [6, 6.07) is 13.2. The Morgan fingerprint density at radius 2 is 1.66 bits per heavy atom. The van der Waals surface area contributed by atoms with Crippen molar-refractivity contribution in [3.8, 4) is 17.2 Å². The molecule has 32 heavy (non-hydrogen) atoms. The number of anilines is 1. The van der Waals surface area contributed by atoms with Gasteiger partial charge in [0.2, 0.25) is 0 Å². The first-order valence-electron chi connectivity index (χ1n) is 10.9. The molecule has 0 fully saturated rings. The molecule has 0 aliphatic carbocycles. The fourth-order valence-corrected chi connectivity index (χ4v) is 4.39. The second kappa shape index (κ2) is 11.7. The number of fused-ring (bicyclic) bond motifs is 1. The van der Waals surface area contributed by atoms with Crippen molar-refractivity contribution in [2.75, 3.05) is 51.4 Å². The van der Waals surface area contributed by atoms with Gasteiger partial charge in [-0.2, -0.15) is 0 Å². The lowest BCUT2D eigenvalue weighted by atomic mass is 10.3. The monoisotopic (exact) mass is 457 g/mol. The number of benzene rings is 2. The molecule has 0 N–H and O–H groups in total. The fraction of sp³-hybridized carbons (Fsp3) is 0.417. The Morgan fingerprint density at radius 3 is 2.34 bits per heavy atom. The number of rotatable bonds is 12. The van der Waals surface area contributed by atoms with E-state index < -0.39 is 0 Å². The number of carbonyl (C=O) groups is 1. The molecule has 3 rings (SSSR count). The van der Waals surface area contributed by atoms with E-state index in [2.05, 4.69) is 18.7 Å². The van der Waals surface area contributed by atoms with Crippen LogP contribution in [0.4, 0.5) is 5.13 Å². The van der Waals surface area contributed by atoms with Crippen LogP contribution in [-0.2, 0) is 4.79 Å². The van der Waals surface area contributed by atoms with Gasteiger partial charge in [0.25, 0.3) is 5.91 Å². The highest BCUT2D eigenvalue weighted by molar-refractivity contribution is 7.22. The molecule has 0 radical (unpaired) electrons. The molecule has 0 saturated carbocycles. The van der Waals surface area contributed by atoms with Crippen molar-refractivity contribution >= 4 is 32.6 Å². The van der Waals surface area contributed by atoms with Crippen LogP contribution in [0.25, 0.3) is 10.2 Å². The minimum absolute atomic E-state index is 0.104. The topological polar surface area (TPSA) is 64.1 Å². The molecule has 0 spiro atoms. The Kier molecular flexibility index (Phi) is 8.70. The maximum Gasteiger partial charge on any atom is 0.266 e. The Labute approximate surface area is 193 Å².